The lowest BCUT2D eigenvalue weighted by atomic mass is 9.77. The smallest absolute Gasteiger partial charge is 0.412 e. The summed E-state index contributed by atoms with van der Waals surface area (Å²) in [4.78, 5) is 44.4. The van der Waals surface area contributed by atoms with E-state index in [1.54, 1.807) is 51.4 Å². The fraction of sp³-hybridized carbons (Fsp3) is 0.208. The highest BCUT2D eigenvalue weighted by Gasteiger charge is 2.59. The minimum absolute atomic E-state index is 0.104. The van der Waals surface area contributed by atoms with Gasteiger partial charge in [-0.2, -0.15) is 0 Å². The number of amides is 2. The molecule has 2 N–H and O–H groups in total. The fourth-order valence-corrected chi connectivity index (χ4v) is 8.16. The van der Waals surface area contributed by atoms with Crippen molar-refractivity contribution < 1.29 is 18.7 Å². The van der Waals surface area contributed by atoms with Crippen LogP contribution in [-0.2, 0) is 15.1 Å². The van der Waals surface area contributed by atoms with Crippen molar-refractivity contribution in [2.75, 3.05) is 17.2 Å². The largest absolute Gasteiger partial charge is 0.444 e. The van der Waals surface area contributed by atoms with E-state index in [1.807, 2.05) is 74.0 Å². The SMILES string of the molecule is [C-]#[N+]C[C@@H]1[C@@H](C(=O)Nc2cc3cc(-c4cnccc4C)c(F)c(NC(=O)OC(C)(C)C)c3cn2)[C@H]1c1cn(C(c2ccccc2)(c2ccccc2)c2ccccc2)cn1. The monoisotopic (exact) mass is 783 g/mol. The van der Waals surface area contributed by atoms with Crippen molar-refractivity contribution in [3.8, 4) is 11.1 Å². The summed E-state index contributed by atoms with van der Waals surface area (Å²) in [6.45, 7) is 14.9. The van der Waals surface area contributed by atoms with Crippen LogP contribution in [0.25, 0.3) is 26.7 Å². The van der Waals surface area contributed by atoms with Crippen LogP contribution in [0.5, 0.6) is 0 Å². The molecule has 4 aromatic carbocycles. The van der Waals surface area contributed by atoms with Gasteiger partial charge in [0.05, 0.1) is 29.5 Å². The Morgan fingerprint density at radius 2 is 1.47 bits per heavy atom. The highest BCUT2D eigenvalue weighted by atomic mass is 19.1. The molecule has 7 aromatic rings. The first kappa shape index (κ1) is 38.7. The van der Waals surface area contributed by atoms with Crippen LogP contribution >= 0.6 is 0 Å². The molecular formula is C48H42FN7O3. The van der Waals surface area contributed by atoms with E-state index in [-0.39, 0.29) is 41.4 Å². The number of nitrogens with zero attached hydrogens (tertiary/aromatic N) is 5. The van der Waals surface area contributed by atoms with Gasteiger partial charge in [-0.1, -0.05) is 91.0 Å². The van der Waals surface area contributed by atoms with Gasteiger partial charge in [0.25, 0.3) is 0 Å². The zero-order chi connectivity index (χ0) is 41.3. The van der Waals surface area contributed by atoms with Crippen LogP contribution < -0.4 is 10.6 Å². The summed E-state index contributed by atoms with van der Waals surface area (Å²) in [6.07, 6.45) is 7.61. The first-order valence-electron chi connectivity index (χ1n) is 19.4. The Bertz CT molecular complexity index is 2610. The summed E-state index contributed by atoms with van der Waals surface area (Å²) in [5.41, 5.74) is 3.66. The summed E-state index contributed by atoms with van der Waals surface area (Å²) in [5, 5.41) is 6.40. The number of pyridine rings is 2. The number of aryl methyl sites for hydroxylation is 1. The minimum Gasteiger partial charge on any atom is -0.444 e. The lowest BCUT2D eigenvalue weighted by molar-refractivity contribution is -0.117. The zero-order valence-corrected chi connectivity index (χ0v) is 33.1. The molecule has 1 fully saturated rings. The predicted molar refractivity (Wildman–Crippen MR) is 226 cm³/mol. The maximum atomic E-state index is 16.3. The third-order valence-electron chi connectivity index (χ3n) is 10.8. The minimum atomic E-state index is -0.822. The highest BCUT2D eigenvalue weighted by molar-refractivity contribution is 6.05. The molecule has 1 aliphatic rings. The number of hydrogen-bond acceptors (Lipinski definition) is 6. The van der Waals surface area contributed by atoms with E-state index >= 15 is 4.39 Å². The van der Waals surface area contributed by atoms with Crippen molar-refractivity contribution >= 4 is 34.3 Å². The summed E-state index contributed by atoms with van der Waals surface area (Å²) < 4.78 is 23.9. The number of nitrogens with one attached hydrogen (secondary N) is 2. The number of hydrogen-bond donors (Lipinski definition) is 2. The Balaban J connectivity index is 1.14. The standard InChI is InChI=1S/C48H42FN7O3/c1-30-21-22-51-26-36(30)35-23-31-24-40(52-27-37(31)44(43(35)49)55-46(58)59-47(2,3)4)54-45(57)42-38(25-50-5)41(42)39-28-56(29-53-39)48(32-15-9-6-10-16-32,33-17-11-7-12-18-33)34-19-13-8-14-20-34/h6-24,26-29,38,41-42H,25H2,1-4H3,(H,55,58)(H,52,54,57)/t38-,41+,42+/m0/s1. The number of imidazole rings is 1. The summed E-state index contributed by atoms with van der Waals surface area (Å²) in [5.74, 6) is -1.87. The maximum absolute atomic E-state index is 16.3. The number of halogens is 1. The van der Waals surface area contributed by atoms with Crippen LogP contribution in [0.3, 0.4) is 0 Å². The van der Waals surface area contributed by atoms with Gasteiger partial charge < -0.3 is 19.5 Å². The maximum Gasteiger partial charge on any atom is 0.412 e. The quantitative estimate of drug-likeness (QED) is 0.105. The molecule has 1 saturated carbocycles. The van der Waals surface area contributed by atoms with Crippen molar-refractivity contribution in [3.63, 3.8) is 0 Å². The van der Waals surface area contributed by atoms with Gasteiger partial charge in [0.1, 0.15) is 17.0 Å². The number of fused-ring (bicyclic) bond motifs is 1. The lowest BCUT2D eigenvalue weighted by Crippen LogP contribution is -2.36. The molecule has 3 atom stereocenters. The average Bonchev–Trinajstić information content (AvgIpc) is 3.73. The number of aromatic nitrogens is 4. The van der Waals surface area contributed by atoms with E-state index in [9.17, 15) is 9.59 Å². The summed E-state index contributed by atoms with van der Waals surface area (Å²) in [6, 6.07) is 35.9. The van der Waals surface area contributed by atoms with Gasteiger partial charge in [-0.3, -0.25) is 15.1 Å². The van der Waals surface area contributed by atoms with Gasteiger partial charge >= 0.3 is 6.09 Å². The number of carbonyl (C=O) groups excluding carboxylic acids is 2. The van der Waals surface area contributed by atoms with Crippen LogP contribution in [0.1, 0.15) is 54.6 Å². The molecule has 3 aromatic heterocycles. The molecule has 10 nitrogen and oxygen atoms in total. The second kappa shape index (κ2) is 15.6. The van der Waals surface area contributed by atoms with E-state index in [1.165, 1.54) is 6.20 Å². The molecule has 2 amide bonds. The topological polar surface area (TPSA) is 115 Å². The van der Waals surface area contributed by atoms with Crippen LogP contribution in [0.2, 0.25) is 0 Å². The molecule has 8 rings (SSSR count). The second-order valence-electron chi connectivity index (χ2n) is 15.8. The average molecular weight is 784 g/mol. The Morgan fingerprint density at radius 1 is 0.847 bits per heavy atom. The number of ether oxygens (including phenoxy) is 1. The van der Waals surface area contributed by atoms with E-state index in [0.29, 0.717) is 22.0 Å². The van der Waals surface area contributed by atoms with Gasteiger partial charge in [-0.15, -0.1) is 0 Å². The van der Waals surface area contributed by atoms with Gasteiger partial charge in [0.2, 0.25) is 12.5 Å². The molecule has 0 unspecified atom stereocenters. The molecule has 294 valence electrons. The van der Waals surface area contributed by atoms with E-state index in [4.69, 9.17) is 16.3 Å². The third-order valence-corrected chi connectivity index (χ3v) is 10.8. The Kier molecular flexibility index (Phi) is 10.2. The Hall–Kier alpha value is -7.19. The van der Waals surface area contributed by atoms with Crippen LogP contribution in [0.15, 0.2) is 140 Å². The molecule has 0 saturated heterocycles. The molecule has 0 radical (unpaired) electrons. The van der Waals surface area contributed by atoms with Gasteiger partial charge in [-0.05, 0) is 73.5 Å². The van der Waals surface area contributed by atoms with Crippen molar-refractivity contribution in [1.29, 1.82) is 0 Å². The Labute approximate surface area is 342 Å². The van der Waals surface area contributed by atoms with Crippen LogP contribution in [-0.4, -0.2) is 43.7 Å². The molecule has 59 heavy (non-hydrogen) atoms. The van der Waals surface area contributed by atoms with Crippen molar-refractivity contribution in [2.45, 2.75) is 44.8 Å². The lowest BCUT2D eigenvalue weighted by Gasteiger charge is -2.37. The molecule has 11 heteroatoms. The first-order valence-corrected chi connectivity index (χ1v) is 19.4. The van der Waals surface area contributed by atoms with E-state index < -0.39 is 29.0 Å². The van der Waals surface area contributed by atoms with Gasteiger partial charge in [0, 0.05) is 47.2 Å². The molecule has 0 aliphatic heterocycles. The van der Waals surface area contributed by atoms with Gasteiger partial charge in [0.15, 0.2) is 5.82 Å². The molecular weight excluding hydrogens is 742 g/mol. The normalized spacial score (nSPS) is 16.2. The highest BCUT2D eigenvalue weighted by Crippen LogP contribution is 2.55. The molecule has 0 bridgehead atoms. The molecule has 3 heterocycles. The van der Waals surface area contributed by atoms with Crippen LogP contribution in [0, 0.1) is 31.1 Å². The first-order chi connectivity index (χ1) is 28.5. The number of carbonyl (C=O) groups is 2. The van der Waals surface area contributed by atoms with E-state index in [0.717, 1.165) is 22.3 Å². The molecule has 0 spiro atoms. The fourth-order valence-electron chi connectivity index (χ4n) is 8.16. The Morgan fingerprint density at radius 3 is 2.05 bits per heavy atom. The van der Waals surface area contributed by atoms with Crippen molar-refractivity contribution in [2.24, 2.45) is 11.8 Å². The number of rotatable bonds is 10. The second-order valence-corrected chi connectivity index (χ2v) is 15.8. The number of benzene rings is 4. The zero-order valence-electron chi connectivity index (χ0n) is 33.1. The number of anilines is 2. The van der Waals surface area contributed by atoms with Crippen molar-refractivity contribution in [1.82, 2.24) is 19.5 Å². The summed E-state index contributed by atoms with van der Waals surface area (Å²) in [7, 11) is 0. The van der Waals surface area contributed by atoms with Gasteiger partial charge in [-0.25, -0.2) is 25.7 Å². The van der Waals surface area contributed by atoms with E-state index in [2.05, 4.69) is 66.4 Å². The van der Waals surface area contributed by atoms with Crippen molar-refractivity contribution in [3.05, 3.63) is 185 Å². The third kappa shape index (κ3) is 7.41. The van der Waals surface area contributed by atoms with Crippen LogP contribution in [0.4, 0.5) is 20.7 Å². The predicted octanol–water partition coefficient (Wildman–Crippen LogP) is 10.0. The molecule has 1 aliphatic carbocycles. The summed E-state index contributed by atoms with van der Waals surface area (Å²) >= 11 is 0.